The van der Waals surface area contributed by atoms with Crippen LogP contribution in [0, 0.1) is 0 Å². The molecule has 0 amide bonds. The first kappa shape index (κ1) is 14.9. The molecule has 0 aromatic carbocycles. The maximum absolute atomic E-state index is 11.7. The lowest BCUT2D eigenvalue weighted by molar-refractivity contribution is 0.181. The van der Waals surface area contributed by atoms with Crippen molar-refractivity contribution in [1.82, 2.24) is 4.98 Å². The monoisotopic (exact) mass is 295 g/mol. The predicted octanol–water partition coefficient (Wildman–Crippen LogP) is 2.04. The van der Waals surface area contributed by atoms with Crippen molar-refractivity contribution in [3.8, 4) is 0 Å². The largest absolute Gasteiger partial charge is 0.378 e. The van der Waals surface area contributed by atoms with Crippen molar-refractivity contribution < 1.29 is 13.2 Å². The Bertz CT molecular complexity index is 453. The van der Waals surface area contributed by atoms with Crippen molar-refractivity contribution in [2.75, 3.05) is 12.9 Å². The first-order valence-corrected chi connectivity index (χ1v) is 8.57. The van der Waals surface area contributed by atoms with Gasteiger partial charge in [-0.05, 0) is 6.42 Å². The van der Waals surface area contributed by atoms with E-state index in [1.54, 1.807) is 7.11 Å². The van der Waals surface area contributed by atoms with E-state index in [-0.39, 0.29) is 11.5 Å². The van der Waals surface area contributed by atoms with Crippen LogP contribution in [0.25, 0.3) is 0 Å². The lowest BCUT2D eigenvalue weighted by atomic mass is 10.4. The molecule has 0 aliphatic heterocycles. The van der Waals surface area contributed by atoms with Gasteiger partial charge < -0.3 is 4.74 Å². The second-order valence-corrected chi connectivity index (χ2v) is 7.33. The zero-order valence-corrected chi connectivity index (χ0v) is 12.5. The lowest BCUT2D eigenvalue weighted by Gasteiger charge is -1.98. The van der Waals surface area contributed by atoms with Crippen molar-refractivity contribution in [1.29, 1.82) is 0 Å². The van der Waals surface area contributed by atoms with Crippen LogP contribution in [-0.4, -0.2) is 26.3 Å². The topological polar surface area (TPSA) is 56.3 Å². The standard InChI is InChI=1S/C10H17NO3S3/c1-3-4-17(12,13)7-10-11-8(5-14-2)9(6-15)16-10/h15H,3-7H2,1-2H3. The summed E-state index contributed by atoms with van der Waals surface area (Å²) in [5.41, 5.74) is 0.800. The van der Waals surface area contributed by atoms with Gasteiger partial charge in [0.1, 0.15) is 10.8 Å². The highest BCUT2D eigenvalue weighted by atomic mass is 32.2. The number of rotatable bonds is 7. The SMILES string of the molecule is CCCS(=O)(=O)Cc1nc(COC)c(CS)s1. The summed E-state index contributed by atoms with van der Waals surface area (Å²) in [6.07, 6.45) is 0.637. The molecule has 1 rings (SSSR count). The van der Waals surface area contributed by atoms with Crippen molar-refractivity contribution >= 4 is 33.8 Å². The van der Waals surface area contributed by atoms with Gasteiger partial charge in [0.15, 0.2) is 9.84 Å². The third-order valence-electron chi connectivity index (χ3n) is 2.11. The van der Waals surface area contributed by atoms with E-state index in [9.17, 15) is 8.42 Å². The summed E-state index contributed by atoms with van der Waals surface area (Å²) in [6, 6.07) is 0. The highest BCUT2D eigenvalue weighted by Crippen LogP contribution is 2.23. The van der Waals surface area contributed by atoms with E-state index in [0.29, 0.717) is 23.8 Å². The molecule has 17 heavy (non-hydrogen) atoms. The van der Waals surface area contributed by atoms with Gasteiger partial charge in [0, 0.05) is 17.7 Å². The van der Waals surface area contributed by atoms with E-state index >= 15 is 0 Å². The highest BCUT2D eigenvalue weighted by molar-refractivity contribution is 7.90. The van der Waals surface area contributed by atoms with Crippen LogP contribution in [0.1, 0.15) is 28.9 Å². The number of thiol groups is 1. The molecule has 0 aliphatic carbocycles. The molecular formula is C10H17NO3S3. The molecule has 0 atom stereocenters. The fourth-order valence-corrected chi connectivity index (χ4v) is 4.53. The zero-order chi connectivity index (χ0) is 12.9. The van der Waals surface area contributed by atoms with Crippen LogP contribution in [0.2, 0.25) is 0 Å². The molecule has 98 valence electrons. The first-order valence-electron chi connectivity index (χ1n) is 5.30. The summed E-state index contributed by atoms with van der Waals surface area (Å²) in [7, 11) is -1.44. The van der Waals surface area contributed by atoms with Gasteiger partial charge in [0.05, 0.1) is 18.1 Å². The van der Waals surface area contributed by atoms with Gasteiger partial charge in [-0.2, -0.15) is 12.6 Å². The summed E-state index contributed by atoms with van der Waals surface area (Å²) in [5, 5.41) is 0.634. The maximum atomic E-state index is 11.7. The molecule has 7 heteroatoms. The van der Waals surface area contributed by atoms with Crippen LogP contribution >= 0.6 is 24.0 Å². The summed E-state index contributed by atoms with van der Waals surface area (Å²) in [6.45, 7) is 2.26. The normalized spacial score (nSPS) is 11.9. The summed E-state index contributed by atoms with van der Waals surface area (Å²) >= 11 is 5.61. The van der Waals surface area contributed by atoms with E-state index in [4.69, 9.17) is 4.74 Å². The number of ether oxygens (including phenoxy) is 1. The Morgan fingerprint density at radius 1 is 1.47 bits per heavy atom. The average molecular weight is 295 g/mol. The molecule has 1 aromatic heterocycles. The summed E-state index contributed by atoms with van der Waals surface area (Å²) in [5.74, 6) is 0.794. The smallest absolute Gasteiger partial charge is 0.156 e. The van der Waals surface area contributed by atoms with Crippen LogP contribution in [0.4, 0.5) is 0 Å². The Morgan fingerprint density at radius 2 is 2.18 bits per heavy atom. The highest BCUT2D eigenvalue weighted by Gasteiger charge is 2.16. The van der Waals surface area contributed by atoms with Crippen LogP contribution < -0.4 is 0 Å². The lowest BCUT2D eigenvalue weighted by Crippen LogP contribution is -2.08. The second kappa shape index (κ2) is 6.72. The molecule has 0 saturated heterocycles. The van der Waals surface area contributed by atoms with Gasteiger partial charge in [-0.3, -0.25) is 0 Å². The van der Waals surface area contributed by atoms with Crippen LogP contribution in [0.3, 0.4) is 0 Å². The Hall–Kier alpha value is -0.110. The third kappa shape index (κ3) is 4.57. The van der Waals surface area contributed by atoms with Crippen LogP contribution in [-0.2, 0) is 32.7 Å². The minimum atomic E-state index is -3.03. The number of aromatic nitrogens is 1. The van der Waals surface area contributed by atoms with E-state index in [2.05, 4.69) is 17.6 Å². The van der Waals surface area contributed by atoms with Gasteiger partial charge in [-0.15, -0.1) is 11.3 Å². The molecular weight excluding hydrogens is 278 g/mol. The molecule has 0 N–H and O–H groups in total. The van der Waals surface area contributed by atoms with Gasteiger partial charge in [-0.25, -0.2) is 13.4 Å². The van der Waals surface area contributed by atoms with Gasteiger partial charge in [0.2, 0.25) is 0 Å². The number of thiazole rings is 1. The first-order chi connectivity index (χ1) is 8.02. The number of hydrogen-bond acceptors (Lipinski definition) is 6. The predicted molar refractivity (Wildman–Crippen MR) is 73.3 cm³/mol. The van der Waals surface area contributed by atoms with Gasteiger partial charge in [-0.1, -0.05) is 6.92 Å². The number of hydrogen-bond donors (Lipinski definition) is 1. The Balaban J connectivity index is 2.85. The maximum Gasteiger partial charge on any atom is 0.156 e. The molecule has 0 fully saturated rings. The number of methoxy groups -OCH3 is 1. The van der Waals surface area contributed by atoms with Crippen LogP contribution in [0.5, 0.6) is 0 Å². The molecule has 0 aliphatic rings. The molecule has 1 aromatic rings. The van der Waals surface area contributed by atoms with Gasteiger partial charge >= 0.3 is 0 Å². The number of nitrogens with zero attached hydrogens (tertiary/aromatic N) is 1. The molecule has 4 nitrogen and oxygen atoms in total. The second-order valence-electron chi connectivity index (χ2n) is 3.66. The van der Waals surface area contributed by atoms with E-state index in [1.807, 2.05) is 6.92 Å². The fourth-order valence-electron chi connectivity index (χ4n) is 1.44. The molecule has 0 spiro atoms. The fraction of sp³-hybridized carbons (Fsp3) is 0.700. The average Bonchev–Trinajstić information content (AvgIpc) is 2.59. The summed E-state index contributed by atoms with van der Waals surface area (Å²) in [4.78, 5) is 5.29. The van der Waals surface area contributed by atoms with Crippen molar-refractivity contribution in [3.05, 3.63) is 15.6 Å². The van der Waals surface area contributed by atoms with E-state index in [0.717, 1.165) is 10.6 Å². The molecule has 0 bridgehead atoms. The Morgan fingerprint density at radius 3 is 2.71 bits per heavy atom. The Labute approximate surface area is 112 Å². The molecule has 1 heterocycles. The number of sulfone groups is 1. The minimum Gasteiger partial charge on any atom is -0.378 e. The van der Waals surface area contributed by atoms with E-state index in [1.165, 1.54) is 11.3 Å². The van der Waals surface area contributed by atoms with Crippen molar-refractivity contribution in [2.24, 2.45) is 0 Å². The van der Waals surface area contributed by atoms with Crippen molar-refractivity contribution in [3.63, 3.8) is 0 Å². The zero-order valence-electron chi connectivity index (χ0n) is 9.97. The Kier molecular flexibility index (Phi) is 5.91. The van der Waals surface area contributed by atoms with Crippen molar-refractivity contribution in [2.45, 2.75) is 31.5 Å². The minimum absolute atomic E-state index is 0.0238. The quantitative estimate of drug-likeness (QED) is 0.782. The van der Waals surface area contributed by atoms with E-state index < -0.39 is 9.84 Å². The molecule has 0 unspecified atom stereocenters. The molecule has 0 saturated carbocycles. The van der Waals surface area contributed by atoms with Gasteiger partial charge in [0.25, 0.3) is 0 Å². The summed E-state index contributed by atoms with van der Waals surface area (Å²) < 4.78 is 28.4. The molecule has 0 radical (unpaired) electrons. The van der Waals surface area contributed by atoms with Crippen LogP contribution in [0.15, 0.2) is 0 Å². The third-order valence-corrected chi connectivity index (χ3v) is 5.66.